The monoisotopic (exact) mass is 264 g/mol. The van der Waals surface area contributed by atoms with Gasteiger partial charge in [0, 0.05) is 30.9 Å². The topological polar surface area (TPSA) is 54.0 Å². The Morgan fingerprint density at radius 1 is 1.26 bits per heavy atom. The van der Waals surface area contributed by atoms with Gasteiger partial charge in [0.15, 0.2) is 11.5 Å². The molecule has 2 aliphatic rings. The van der Waals surface area contributed by atoms with Crippen LogP contribution in [0.3, 0.4) is 0 Å². The largest absolute Gasteiger partial charge is 0.486 e. The van der Waals surface area contributed by atoms with E-state index < -0.39 is 0 Å². The molecule has 0 aromatic heterocycles. The minimum absolute atomic E-state index is 0.103. The number of nitrogens with one attached hydrogen (secondary N) is 1. The predicted molar refractivity (Wildman–Crippen MR) is 73.1 cm³/mol. The number of anilines is 1. The Kier molecular flexibility index (Phi) is 3.48. The van der Waals surface area contributed by atoms with E-state index in [1.165, 1.54) is 0 Å². The highest BCUT2D eigenvalue weighted by Crippen LogP contribution is 2.35. The fraction of sp³-hybridized carbons (Fsp3) is 0.571. The lowest BCUT2D eigenvalue weighted by Crippen LogP contribution is -2.58. The van der Waals surface area contributed by atoms with E-state index in [1.54, 1.807) is 0 Å². The van der Waals surface area contributed by atoms with E-state index in [0.29, 0.717) is 19.3 Å². The first-order valence-corrected chi connectivity index (χ1v) is 6.79. The van der Waals surface area contributed by atoms with Crippen molar-refractivity contribution in [1.82, 2.24) is 5.32 Å². The van der Waals surface area contributed by atoms with Crippen LogP contribution in [0.1, 0.15) is 6.92 Å². The number of nitrogens with zero attached hydrogens (tertiary/aromatic N) is 1. The van der Waals surface area contributed by atoms with Crippen LogP contribution in [0.15, 0.2) is 18.2 Å². The molecule has 2 unspecified atom stereocenters. The van der Waals surface area contributed by atoms with Crippen LogP contribution in [0.5, 0.6) is 11.5 Å². The zero-order valence-electron chi connectivity index (χ0n) is 11.1. The van der Waals surface area contributed by atoms with Crippen molar-refractivity contribution in [1.29, 1.82) is 0 Å². The lowest BCUT2D eigenvalue weighted by atomic mass is 10.1. The second kappa shape index (κ2) is 5.27. The molecule has 0 spiro atoms. The van der Waals surface area contributed by atoms with Crippen LogP contribution in [0, 0.1) is 0 Å². The quantitative estimate of drug-likeness (QED) is 0.820. The highest BCUT2D eigenvalue weighted by atomic mass is 16.6. The molecule has 1 aromatic rings. The SMILES string of the molecule is CC1CNCC(CO)N1c1ccc2c(c1)OCCO2. The Hall–Kier alpha value is -1.46. The molecule has 2 heterocycles. The van der Waals surface area contributed by atoms with Crippen molar-refractivity contribution in [3.05, 3.63) is 18.2 Å². The normalized spacial score (nSPS) is 26.3. The molecule has 1 saturated heterocycles. The van der Waals surface area contributed by atoms with Crippen molar-refractivity contribution in [2.45, 2.75) is 19.0 Å². The van der Waals surface area contributed by atoms with Gasteiger partial charge in [-0.05, 0) is 19.1 Å². The van der Waals surface area contributed by atoms with E-state index in [1.807, 2.05) is 18.2 Å². The molecule has 104 valence electrons. The Bertz CT molecular complexity index is 452. The van der Waals surface area contributed by atoms with Gasteiger partial charge in [-0.25, -0.2) is 0 Å². The molecule has 0 radical (unpaired) electrons. The number of fused-ring (bicyclic) bond motifs is 1. The Balaban J connectivity index is 1.91. The van der Waals surface area contributed by atoms with E-state index in [9.17, 15) is 5.11 Å². The highest BCUT2D eigenvalue weighted by molar-refractivity contribution is 5.58. The minimum Gasteiger partial charge on any atom is -0.486 e. The van der Waals surface area contributed by atoms with Crippen molar-refractivity contribution >= 4 is 5.69 Å². The molecule has 1 aromatic carbocycles. The van der Waals surface area contributed by atoms with Crippen molar-refractivity contribution in [2.75, 3.05) is 37.8 Å². The first-order chi connectivity index (χ1) is 9.29. The fourth-order valence-electron chi connectivity index (χ4n) is 2.83. The molecule has 0 aliphatic carbocycles. The molecule has 1 fully saturated rings. The maximum Gasteiger partial charge on any atom is 0.163 e. The van der Waals surface area contributed by atoms with Crippen LogP contribution in [0.4, 0.5) is 5.69 Å². The summed E-state index contributed by atoms with van der Waals surface area (Å²) in [5.74, 6) is 1.60. The number of aliphatic hydroxyl groups excluding tert-OH is 1. The lowest BCUT2D eigenvalue weighted by Gasteiger charge is -2.42. The Morgan fingerprint density at radius 2 is 2.05 bits per heavy atom. The molecule has 5 nitrogen and oxygen atoms in total. The number of hydrogen-bond acceptors (Lipinski definition) is 5. The number of rotatable bonds is 2. The average molecular weight is 264 g/mol. The van der Waals surface area contributed by atoms with Crippen LogP contribution in [0.2, 0.25) is 0 Å². The van der Waals surface area contributed by atoms with Gasteiger partial charge in [-0.15, -0.1) is 0 Å². The standard InChI is InChI=1S/C14H20N2O3/c1-10-7-15-8-12(9-17)16(10)11-2-3-13-14(6-11)19-5-4-18-13/h2-3,6,10,12,15,17H,4-5,7-9H2,1H3. The molecule has 19 heavy (non-hydrogen) atoms. The number of ether oxygens (including phenoxy) is 2. The maximum absolute atomic E-state index is 9.54. The average Bonchev–Trinajstić information content (AvgIpc) is 2.46. The van der Waals surface area contributed by atoms with Gasteiger partial charge in [-0.3, -0.25) is 0 Å². The zero-order chi connectivity index (χ0) is 13.2. The molecular formula is C14H20N2O3. The Morgan fingerprint density at radius 3 is 2.84 bits per heavy atom. The fourth-order valence-corrected chi connectivity index (χ4v) is 2.83. The van der Waals surface area contributed by atoms with Gasteiger partial charge >= 0.3 is 0 Å². The summed E-state index contributed by atoms with van der Waals surface area (Å²) < 4.78 is 11.2. The first kappa shape index (κ1) is 12.6. The molecule has 0 saturated carbocycles. The van der Waals surface area contributed by atoms with E-state index in [0.717, 1.165) is 30.3 Å². The maximum atomic E-state index is 9.54. The van der Waals surface area contributed by atoms with Gasteiger partial charge in [0.25, 0.3) is 0 Å². The summed E-state index contributed by atoms with van der Waals surface area (Å²) in [6.45, 7) is 5.23. The molecule has 0 bridgehead atoms. The molecular weight excluding hydrogens is 244 g/mol. The summed E-state index contributed by atoms with van der Waals surface area (Å²) in [5, 5.41) is 12.9. The highest BCUT2D eigenvalue weighted by Gasteiger charge is 2.28. The van der Waals surface area contributed by atoms with Crippen molar-refractivity contribution in [3.63, 3.8) is 0 Å². The number of hydrogen-bond donors (Lipinski definition) is 2. The molecule has 0 amide bonds. The van der Waals surface area contributed by atoms with Gasteiger partial charge in [-0.2, -0.15) is 0 Å². The van der Waals surface area contributed by atoms with Gasteiger partial charge in [-0.1, -0.05) is 0 Å². The first-order valence-electron chi connectivity index (χ1n) is 6.79. The van der Waals surface area contributed by atoms with Crippen molar-refractivity contribution in [2.24, 2.45) is 0 Å². The van der Waals surface area contributed by atoms with Gasteiger partial charge < -0.3 is 24.8 Å². The van der Waals surface area contributed by atoms with E-state index in [4.69, 9.17) is 9.47 Å². The lowest BCUT2D eigenvalue weighted by molar-refractivity contribution is 0.171. The second-order valence-corrected chi connectivity index (χ2v) is 5.08. The number of aliphatic hydroxyl groups is 1. The van der Waals surface area contributed by atoms with Gasteiger partial charge in [0.1, 0.15) is 13.2 Å². The second-order valence-electron chi connectivity index (χ2n) is 5.08. The van der Waals surface area contributed by atoms with Crippen LogP contribution in [0.25, 0.3) is 0 Å². The van der Waals surface area contributed by atoms with Crippen LogP contribution in [-0.4, -0.2) is 50.1 Å². The van der Waals surface area contributed by atoms with Crippen LogP contribution in [-0.2, 0) is 0 Å². The van der Waals surface area contributed by atoms with Gasteiger partial charge in [0.05, 0.1) is 12.6 Å². The van der Waals surface area contributed by atoms with E-state index in [2.05, 4.69) is 17.1 Å². The number of piperazine rings is 1. The Labute approximate surface area is 113 Å². The van der Waals surface area contributed by atoms with Gasteiger partial charge in [0.2, 0.25) is 0 Å². The zero-order valence-corrected chi connectivity index (χ0v) is 11.1. The summed E-state index contributed by atoms with van der Waals surface area (Å²) in [5.41, 5.74) is 1.08. The van der Waals surface area contributed by atoms with Crippen molar-refractivity contribution in [3.8, 4) is 11.5 Å². The summed E-state index contributed by atoms with van der Waals surface area (Å²) in [6, 6.07) is 6.45. The van der Waals surface area contributed by atoms with Crippen molar-refractivity contribution < 1.29 is 14.6 Å². The third kappa shape index (κ3) is 2.35. The summed E-state index contributed by atoms with van der Waals surface area (Å²) in [7, 11) is 0. The third-order valence-corrected chi connectivity index (χ3v) is 3.72. The predicted octanol–water partition coefficient (Wildman–Crippen LogP) is 0.617. The smallest absolute Gasteiger partial charge is 0.163 e. The third-order valence-electron chi connectivity index (χ3n) is 3.72. The summed E-state index contributed by atoms with van der Waals surface area (Å²) >= 11 is 0. The summed E-state index contributed by atoms with van der Waals surface area (Å²) in [4.78, 5) is 2.26. The molecule has 2 aliphatic heterocycles. The van der Waals surface area contributed by atoms with E-state index >= 15 is 0 Å². The molecule has 2 atom stereocenters. The molecule has 5 heteroatoms. The summed E-state index contributed by atoms with van der Waals surface area (Å²) in [6.07, 6.45) is 0. The molecule has 3 rings (SSSR count). The minimum atomic E-state index is 0.103. The van der Waals surface area contributed by atoms with Crippen LogP contribution < -0.4 is 19.7 Å². The van der Waals surface area contributed by atoms with E-state index in [-0.39, 0.29) is 12.6 Å². The van der Waals surface area contributed by atoms with Crippen LogP contribution >= 0.6 is 0 Å². The molecule has 2 N–H and O–H groups in total. The number of benzene rings is 1.